The maximum atomic E-state index is 11.8. The van der Waals surface area contributed by atoms with Crippen LogP contribution in [-0.4, -0.2) is 21.4 Å². The number of hydrogen-bond donors (Lipinski definition) is 3. The molecule has 2 aromatic carbocycles. The van der Waals surface area contributed by atoms with E-state index >= 15 is 0 Å². The van der Waals surface area contributed by atoms with Crippen LogP contribution in [0.2, 0.25) is 0 Å². The largest absolute Gasteiger partial charge is 0.494 e. The fraction of sp³-hybridized carbons (Fsp3) is 0.0588. The Bertz CT molecular complexity index is 913. The van der Waals surface area contributed by atoms with E-state index in [1.165, 1.54) is 6.21 Å². The number of aromatic amines is 1. The van der Waals surface area contributed by atoms with Gasteiger partial charge < -0.3 is 10.2 Å². The Morgan fingerprint density at radius 1 is 1.05 bits per heavy atom. The second-order valence-corrected chi connectivity index (χ2v) is 4.81. The van der Waals surface area contributed by atoms with Crippen LogP contribution in [0.15, 0.2) is 58.3 Å². The van der Waals surface area contributed by atoms with Crippen molar-refractivity contribution in [2.75, 3.05) is 0 Å². The highest BCUT2D eigenvalue weighted by Crippen LogP contribution is 2.23. The van der Waals surface area contributed by atoms with Gasteiger partial charge in [0.2, 0.25) is 5.88 Å². The highest BCUT2D eigenvalue weighted by Gasteiger charge is 2.08. The van der Waals surface area contributed by atoms with Crippen LogP contribution in [0.1, 0.15) is 11.1 Å². The van der Waals surface area contributed by atoms with E-state index in [4.69, 9.17) is 0 Å². The number of aromatic hydroxyl groups is 1. The van der Waals surface area contributed by atoms with Crippen LogP contribution in [0.4, 0.5) is 5.69 Å². The summed E-state index contributed by atoms with van der Waals surface area (Å²) in [7, 11) is 0. The van der Waals surface area contributed by atoms with Gasteiger partial charge in [0.1, 0.15) is 0 Å². The number of para-hydroxylation sites is 1. The molecule has 0 aliphatic carbocycles. The number of nitrogens with zero attached hydrogens (tertiary/aromatic N) is 1. The molecule has 0 atom stereocenters. The molecule has 0 aliphatic heterocycles. The standard InChI is InChI=1S/C17H14N2O3/c20-10-11-5-1-4-8-15(11)18-9-14-12-6-2-3-7-13(12)16(21)19-17(14)22/h1-9,20H,10H2,(H2,19,21,22). The SMILES string of the molecule is O=c1[nH]c(O)c(C=Nc2ccccc2CO)c2ccccc12. The normalized spacial score (nSPS) is 11.3. The summed E-state index contributed by atoms with van der Waals surface area (Å²) in [4.78, 5) is 18.6. The summed E-state index contributed by atoms with van der Waals surface area (Å²) in [6, 6.07) is 14.2. The fourth-order valence-electron chi connectivity index (χ4n) is 2.32. The number of rotatable bonds is 3. The number of fused-ring (bicyclic) bond motifs is 1. The highest BCUT2D eigenvalue weighted by atomic mass is 16.3. The van der Waals surface area contributed by atoms with Gasteiger partial charge in [-0.2, -0.15) is 0 Å². The first-order valence-corrected chi connectivity index (χ1v) is 6.77. The van der Waals surface area contributed by atoms with E-state index in [0.29, 0.717) is 27.6 Å². The molecule has 0 saturated heterocycles. The van der Waals surface area contributed by atoms with E-state index in [9.17, 15) is 15.0 Å². The van der Waals surface area contributed by atoms with Crippen molar-refractivity contribution in [2.45, 2.75) is 6.61 Å². The summed E-state index contributed by atoms with van der Waals surface area (Å²) in [5.74, 6) is -0.228. The number of H-pyrrole nitrogens is 1. The minimum atomic E-state index is -0.346. The third kappa shape index (κ3) is 2.49. The highest BCUT2D eigenvalue weighted by molar-refractivity contribution is 6.01. The van der Waals surface area contributed by atoms with E-state index in [0.717, 1.165) is 0 Å². The van der Waals surface area contributed by atoms with Crippen molar-refractivity contribution in [1.29, 1.82) is 0 Å². The summed E-state index contributed by atoms with van der Waals surface area (Å²) in [6.45, 7) is -0.119. The molecule has 1 heterocycles. The molecule has 0 amide bonds. The zero-order chi connectivity index (χ0) is 15.5. The zero-order valence-electron chi connectivity index (χ0n) is 11.7. The van der Waals surface area contributed by atoms with Gasteiger partial charge in [0.05, 0.1) is 17.9 Å². The molecule has 3 aromatic rings. The van der Waals surface area contributed by atoms with Crippen LogP contribution in [0, 0.1) is 0 Å². The van der Waals surface area contributed by atoms with Crippen LogP contribution >= 0.6 is 0 Å². The third-order valence-electron chi connectivity index (χ3n) is 3.44. The molecule has 3 N–H and O–H groups in total. The Morgan fingerprint density at radius 3 is 2.50 bits per heavy atom. The quantitative estimate of drug-likeness (QED) is 0.649. The predicted molar refractivity (Wildman–Crippen MR) is 85.9 cm³/mol. The minimum Gasteiger partial charge on any atom is -0.494 e. The number of pyridine rings is 1. The van der Waals surface area contributed by atoms with Crippen molar-refractivity contribution in [1.82, 2.24) is 4.98 Å². The lowest BCUT2D eigenvalue weighted by molar-refractivity contribution is 0.282. The van der Waals surface area contributed by atoms with E-state index in [-0.39, 0.29) is 18.0 Å². The number of aromatic nitrogens is 1. The molecule has 0 bridgehead atoms. The summed E-state index contributed by atoms with van der Waals surface area (Å²) in [5, 5.41) is 20.4. The molecular formula is C17H14N2O3. The van der Waals surface area contributed by atoms with E-state index < -0.39 is 0 Å². The number of benzene rings is 2. The van der Waals surface area contributed by atoms with Gasteiger partial charge in [-0.15, -0.1) is 0 Å². The van der Waals surface area contributed by atoms with Crippen molar-refractivity contribution < 1.29 is 10.2 Å². The topological polar surface area (TPSA) is 85.7 Å². The Morgan fingerprint density at radius 2 is 1.73 bits per heavy atom. The van der Waals surface area contributed by atoms with Gasteiger partial charge in [0.25, 0.3) is 5.56 Å². The first-order chi connectivity index (χ1) is 10.7. The Kier molecular flexibility index (Phi) is 3.72. The molecule has 0 aliphatic rings. The molecule has 5 heteroatoms. The van der Waals surface area contributed by atoms with Gasteiger partial charge in [-0.05, 0) is 12.1 Å². The Balaban J connectivity index is 2.15. The van der Waals surface area contributed by atoms with Crippen molar-refractivity contribution in [3.05, 3.63) is 70.0 Å². The zero-order valence-corrected chi connectivity index (χ0v) is 11.7. The number of aliphatic hydroxyl groups is 1. The van der Waals surface area contributed by atoms with E-state index in [1.807, 2.05) is 12.1 Å². The fourth-order valence-corrected chi connectivity index (χ4v) is 2.32. The van der Waals surface area contributed by atoms with Crippen molar-refractivity contribution in [2.24, 2.45) is 4.99 Å². The van der Waals surface area contributed by atoms with E-state index in [2.05, 4.69) is 9.98 Å². The molecule has 0 saturated carbocycles. The summed E-state index contributed by atoms with van der Waals surface area (Å²) in [6.07, 6.45) is 1.49. The number of hydrogen-bond acceptors (Lipinski definition) is 4. The van der Waals surface area contributed by atoms with Gasteiger partial charge >= 0.3 is 0 Å². The van der Waals surface area contributed by atoms with Gasteiger partial charge in [-0.3, -0.25) is 14.8 Å². The van der Waals surface area contributed by atoms with E-state index in [1.54, 1.807) is 36.4 Å². The molecule has 5 nitrogen and oxygen atoms in total. The maximum absolute atomic E-state index is 11.8. The van der Waals surface area contributed by atoms with Gasteiger partial charge in [0, 0.05) is 22.6 Å². The predicted octanol–water partition coefficient (Wildman–Crippen LogP) is 2.48. The molecule has 0 radical (unpaired) electrons. The van der Waals surface area contributed by atoms with Gasteiger partial charge in [-0.1, -0.05) is 36.4 Å². The Hall–Kier alpha value is -2.92. The summed E-state index contributed by atoms with van der Waals surface area (Å²) in [5.41, 5.74) is 1.38. The lowest BCUT2D eigenvalue weighted by Crippen LogP contribution is -2.07. The van der Waals surface area contributed by atoms with Crippen molar-refractivity contribution in [3.63, 3.8) is 0 Å². The van der Waals surface area contributed by atoms with Crippen LogP contribution in [0.5, 0.6) is 5.88 Å². The monoisotopic (exact) mass is 294 g/mol. The average molecular weight is 294 g/mol. The van der Waals surface area contributed by atoms with Crippen molar-refractivity contribution >= 4 is 22.7 Å². The van der Waals surface area contributed by atoms with Gasteiger partial charge in [0.15, 0.2) is 0 Å². The number of nitrogens with one attached hydrogen (secondary N) is 1. The smallest absolute Gasteiger partial charge is 0.258 e. The molecule has 22 heavy (non-hydrogen) atoms. The molecule has 3 rings (SSSR count). The number of aliphatic imine (C=N–C) groups is 1. The molecule has 1 aromatic heterocycles. The summed E-state index contributed by atoms with van der Waals surface area (Å²) < 4.78 is 0. The molecule has 0 spiro atoms. The minimum absolute atomic E-state index is 0.119. The first kappa shape index (κ1) is 14.0. The molecular weight excluding hydrogens is 280 g/mol. The average Bonchev–Trinajstić information content (AvgIpc) is 2.55. The van der Waals surface area contributed by atoms with Crippen molar-refractivity contribution in [3.8, 4) is 5.88 Å². The maximum Gasteiger partial charge on any atom is 0.258 e. The molecule has 110 valence electrons. The summed E-state index contributed by atoms with van der Waals surface area (Å²) >= 11 is 0. The Labute approximate surface area is 126 Å². The van der Waals surface area contributed by atoms with Crippen LogP contribution in [0.25, 0.3) is 10.8 Å². The van der Waals surface area contributed by atoms with Crippen LogP contribution in [0.3, 0.4) is 0 Å². The van der Waals surface area contributed by atoms with Crippen LogP contribution in [-0.2, 0) is 6.61 Å². The lowest BCUT2D eigenvalue weighted by atomic mass is 10.1. The third-order valence-corrected chi connectivity index (χ3v) is 3.44. The first-order valence-electron chi connectivity index (χ1n) is 6.77. The van der Waals surface area contributed by atoms with Crippen LogP contribution < -0.4 is 5.56 Å². The number of aliphatic hydroxyl groups excluding tert-OH is 1. The molecule has 0 fully saturated rings. The second kappa shape index (κ2) is 5.83. The van der Waals surface area contributed by atoms with Gasteiger partial charge in [-0.25, -0.2) is 0 Å². The lowest BCUT2D eigenvalue weighted by Gasteiger charge is -2.05. The second-order valence-electron chi connectivity index (χ2n) is 4.81. The molecule has 0 unspecified atom stereocenters.